The Labute approximate surface area is 218 Å². The van der Waals surface area contributed by atoms with Crippen molar-refractivity contribution < 1.29 is 4.52 Å². The summed E-state index contributed by atoms with van der Waals surface area (Å²) in [5.74, 6) is 1.33. The first-order chi connectivity index (χ1) is 18.3. The molecule has 37 heavy (non-hydrogen) atoms. The van der Waals surface area contributed by atoms with E-state index in [1.165, 1.54) is 73.0 Å². The number of aryl methyl sites for hydroxylation is 4. The molecule has 1 atom stereocenters. The summed E-state index contributed by atoms with van der Waals surface area (Å²) in [6.45, 7) is 2.56. The predicted octanol–water partition coefficient (Wildman–Crippen LogP) is 6.37. The Bertz CT molecular complexity index is 1420. The molecule has 0 radical (unpaired) electrons. The van der Waals surface area contributed by atoms with Gasteiger partial charge in [0.25, 0.3) is 0 Å². The topological polar surface area (TPSA) is 67.1 Å². The van der Waals surface area contributed by atoms with E-state index < -0.39 is 0 Å². The Kier molecular flexibility index (Phi) is 5.97. The van der Waals surface area contributed by atoms with E-state index >= 15 is 0 Å². The van der Waals surface area contributed by atoms with Gasteiger partial charge in [-0.3, -0.25) is 0 Å². The van der Waals surface area contributed by atoms with Crippen LogP contribution in [0, 0.1) is 0 Å². The van der Waals surface area contributed by atoms with Crippen molar-refractivity contribution in [2.75, 3.05) is 18.4 Å². The summed E-state index contributed by atoms with van der Waals surface area (Å²) in [5.41, 5.74) is 9.51. The highest BCUT2D eigenvalue weighted by molar-refractivity contribution is 5.70. The van der Waals surface area contributed by atoms with Gasteiger partial charge in [-0.05, 0) is 111 Å². The number of benzene rings is 2. The lowest BCUT2D eigenvalue weighted by Crippen LogP contribution is -2.32. The number of nitrogens with one attached hydrogen (secondary N) is 1. The quantitative estimate of drug-likeness (QED) is 0.334. The van der Waals surface area contributed by atoms with Crippen LogP contribution in [0.4, 0.5) is 11.5 Å². The Morgan fingerprint density at radius 1 is 0.757 bits per heavy atom. The van der Waals surface area contributed by atoms with Gasteiger partial charge < -0.3 is 14.7 Å². The number of hydrogen-bond acceptors (Lipinski definition) is 6. The number of nitrogens with zero attached hydrogens (tertiary/aromatic N) is 4. The molecule has 6 nitrogen and oxygen atoms in total. The molecule has 188 valence electrons. The van der Waals surface area contributed by atoms with Gasteiger partial charge in [0.15, 0.2) is 11.6 Å². The van der Waals surface area contributed by atoms with Crippen molar-refractivity contribution >= 4 is 11.5 Å². The average molecular weight is 492 g/mol. The predicted molar refractivity (Wildman–Crippen MR) is 146 cm³/mol. The SMILES string of the molecule is c1ccc2c(c1)CCCc1cc(-c3cc(Nc4ccc5c(c4)CC[C@H](N4CCCC4)CC5)no3)nnc1-2. The molecule has 0 bridgehead atoms. The fourth-order valence-corrected chi connectivity index (χ4v) is 6.45. The van der Waals surface area contributed by atoms with Crippen LogP contribution in [0.3, 0.4) is 0 Å². The molecule has 1 N–H and O–H groups in total. The van der Waals surface area contributed by atoms with Gasteiger partial charge in [-0.1, -0.05) is 35.5 Å². The van der Waals surface area contributed by atoms with E-state index in [0.29, 0.717) is 11.6 Å². The molecule has 2 aromatic heterocycles. The smallest absolute Gasteiger partial charge is 0.189 e. The normalized spacial score (nSPS) is 19.4. The van der Waals surface area contributed by atoms with Crippen LogP contribution >= 0.6 is 0 Å². The molecular weight excluding hydrogens is 458 g/mol. The molecule has 1 saturated heterocycles. The van der Waals surface area contributed by atoms with Crippen LogP contribution in [0.5, 0.6) is 0 Å². The van der Waals surface area contributed by atoms with Crippen LogP contribution < -0.4 is 5.32 Å². The summed E-state index contributed by atoms with van der Waals surface area (Å²) >= 11 is 0. The van der Waals surface area contributed by atoms with E-state index in [2.05, 4.69) is 74.1 Å². The summed E-state index contributed by atoms with van der Waals surface area (Å²) in [5, 5.41) is 16.9. The maximum atomic E-state index is 5.70. The van der Waals surface area contributed by atoms with Gasteiger partial charge in [0, 0.05) is 23.4 Å². The molecule has 4 aromatic rings. The zero-order valence-corrected chi connectivity index (χ0v) is 21.2. The van der Waals surface area contributed by atoms with Gasteiger partial charge in [-0.2, -0.15) is 0 Å². The number of likely N-dealkylation sites (tertiary alicyclic amines) is 1. The zero-order valence-electron chi connectivity index (χ0n) is 21.2. The molecular formula is C31H33N5O. The van der Waals surface area contributed by atoms with Gasteiger partial charge in [0.1, 0.15) is 5.69 Å². The van der Waals surface area contributed by atoms with Crippen molar-refractivity contribution in [2.45, 2.75) is 63.8 Å². The first-order valence-electron chi connectivity index (χ1n) is 13.8. The van der Waals surface area contributed by atoms with Crippen LogP contribution in [0.15, 0.2) is 59.1 Å². The monoisotopic (exact) mass is 491 g/mol. The van der Waals surface area contributed by atoms with Crippen LogP contribution in [0.25, 0.3) is 22.7 Å². The Morgan fingerprint density at radius 2 is 1.59 bits per heavy atom. The summed E-state index contributed by atoms with van der Waals surface area (Å²) in [6, 6.07) is 20.1. The van der Waals surface area contributed by atoms with E-state index in [9.17, 15) is 0 Å². The molecule has 6 heteroatoms. The fourth-order valence-electron chi connectivity index (χ4n) is 6.45. The minimum Gasteiger partial charge on any atom is -0.352 e. The summed E-state index contributed by atoms with van der Waals surface area (Å²) in [4.78, 5) is 2.71. The standard InChI is InChI=1S/C31H33N5O/c1-2-9-27-22(6-1)7-5-8-24-19-28(33-34-31(24)27)29-20-30(35-37-29)32-25-13-10-21-11-14-26(15-12-23(21)18-25)36-16-3-4-17-36/h1-2,6,9-10,13,18-20,26H,3-5,7-8,11-12,14-17H2,(H,32,35)/t26-/m1/s1. The molecule has 1 fully saturated rings. The minimum atomic E-state index is 0.638. The van der Waals surface area contributed by atoms with E-state index in [1.54, 1.807) is 0 Å². The summed E-state index contributed by atoms with van der Waals surface area (Å²) < 4.78 is 5.70. The molecule has 0 amide bonds. The van der Waals surface area contributed by atoms with E-state index in [0.717, 1.165) is 48.8 Å². The highest BCUT2D eigenvalue weighted by Crippen LogP contribution is 2.33. The average Bonchev–Trinajstić information content (AvgIpc) is 3.54. The van der Waals surface area contributed by atoms with E-state index in [4.69, 9.17) is 4.52 Å². The minimum absolute atomic E-state index is 0.638. The second-order valence-electron chi connectivity index (χ2n) is 10.8. The molecule has 0 unspecified atom stereocenters. The molecule has 2 aliphatic carbocycles. The lowest BCUT2D eigenvalue weighted by molar-refractivity contribution is 0.222. The Hall–Kier alpha value is -3.51. The van der Waals surface area contributed by atoms with Gasteiger partial charge in [-0.15, -0.1) is 10.2 Å². The number of rotatable bonds is 4. The highest BCUT2D eigenvalue weighted by Gasteiger charge is 2.24. The van der Waals surface area contributed by atoms with E-state index in [1.807, 2.05) is 6.07 Å². The lowest BCUT2D eigenvalue weighted by atomic mass is 10.0. The van der Waals surface area contributed by atoms with Gasteiger partial charge in [0.05, 0.1) is 5.69 Å². The molecule has 7 rings (SSSR count). The van der Waals surface area contributed by atoms with Crippen molar-refractivity contribution in [3.8, 4) is 22.7 Å². The first-order valence-corrected chi connectivity index (χ1v) is 13.8. The van der Waals surface area contributed by atoms with Crippen molar-refractivity contribution in [1.82, 2.24) is 20.3 Å². The maximum Gasteiger partial charge on any atom is 0.189 e. The highest BCUT2D eigenvalue weighted by atomic mass is 16.5. The van der Waals surface area contributed by atoms with Crippen molar-refractivity contribution in [2.24, 2.45) is 0 Å². The van der Waals surface area contributed by atoms with Crippen LogP contribution in [-0.4, -0.2) is 39.4 Å². The molecule has 0 spiro atoms. The zero-order chi connectivity index (χ0) is 24.6. The van der Waals surface area contributed by atoms with E-state index in [-0.39, 0.29) is 0 Å². The van der Waals surface area contributed by atoms with Crippen LogP contribution in [0.2, 0.25) is 0 Å². The number of anilines is 2. The Morgan fingerprint density at radius 3 is 2.51 bits per heavy atom. The number of fused-ring (bicyclic) bond motifs is 4. The molecule has 3 aliphatic rings. The van der Waals surface area contributed by atoms with Crippen LogP contribution in [0.1, 0.15) is 54.4 Å². The molecule has 1 aliphatic heterocycles. The number of aromatic nitrogens is 3. The van der Waals surface area contributed by atoms with Gasteiger partial charge >= 0.3 is 0 Å². The molecule has 2 aromatic carbocycles. The number of hydrogen-bond donors (Lipinski definition) is 1. The van der Waals surface area contributed by atoms with Gasteiger partial charge in [-0.25, -0.2) is 0 Å². The molecule has 3 heterocycles. The fraction of sp³-hybridized carbons (Fsp3) is 0.387. The maximum absolute atomic E-state index is 5.70. The third-order valence-corrected chi connectivity index (χ3v) is 8.43. The second-order valence-corrected chi connectivity index (χ2v) is 10.8. The van der Waals surface area contributed by atoms with Crippen molar-refractivity contribution in [3.05, 3.63) is 76.9 Å². The van der Waals surface area contributed by atoms with Gasteiger partial charge in [0.2, 0.25) is 0 Å². The first kappa shape index (κ1) is 22.7. The summed E-state index contributed by atoms with van der Waals surface area (Å²) in [6.07, 6.45) is 10.7. The van der Waals surface area contributed by atoms with Crippen molar-refractivity contribution in [1.29, 1.82) is 0 Å². The second kappa shape index (κ2) is 9.75. The Balaban J connectivity index is 1.08. The molecule has 0 saturated carbocycles. The van der Waals surface area contributed by atoms with Crippen LogP contribution in [-0.2, 0) is 25.7 Å². The third kappa shape index (κ3) is 4.55. The lowest BCUT2D eigenvalue weighted by Gasteiger charge is -2.25. The summed E-state index contributed by atoms with van der Waals surface area (Å²) in [7, 11) is 0. The largest absolute Gasteiger partial charge is 0.352 e. The third-order valence-electron chi connectivity index (χ3n) is 8.43. The van der Waals surface area contributed by atoms with Crippen molar-refractivity contribution in [3.63, 3.8) is 0 Å².